The molecule has 0 radical (unpaired) electrons. The summed E-state index contributed by atoms with van der Waals surface area (Å²) in [6.07, 6.45) is -0.352. The van der Waals surface area contributed by atoms with Gasteiger partial charge >= 0.3 is 6.09 Å². The van der Waals surface area contributed by atoms with Crippen molar-refractivity contribution < 1.29 is 14.3 Å². The van der Waals surface area contributed by atoms with Gasteiger partial charge < -0.3 is 10.1 Å². The smallest absolute Gasteiger partial charge is 0.414 e. The van der Waals surface area contributed by atoms with Crippen molar-refractivity contribution in [2.75, 3.05) is 18.1 Å². The number of carbonyl (C=O) groups is 2. The Morgan fingerprint density at radius 2 is 2.28 bits per heavy atom. The van der Waals surface area contributed by atoms with E-state index >= 15 is 0 Å². The highest BCUT2D eigenvalue weighted by Crippen LogP contribution is 2.26. The number of hydrogen-bond acceptors (Lipinski definition) is 6. The number of thiophene rings is 1. The van der Waals surface area contributed by atoms with Crippen LogP contribution in [-0.2, 0) is 16.1 Å². The number of nitrogens with one attached hydrogen (secondary N) is 2. The van der Waals surface area contributed by atoms with E-state index in [-0.39, 0.29) is 12.0 Å². The molecular formula is C19H19N5O3S2. The molecule has 150 valence electrons. The summed E-state index contributed by atoms with van der Waals surface area (Å²) in [6, 6.07) is 10.8. The van der Waals surface area contributed by atoms with Crippen LogP contribution in [0.1, 0.15) is 18.5 Å². The second-order valence-electron chi connectivity index (χ2n) is 6.53. The number of rotatable bonds is 6. The van der Waals surface area contributed by atoms with Crippen LogP contribution in [0.3, 0.4) is 0 Å². The molecule has 2 aromatic heterocycles. The summed E-state index contributed by atoms with van der Waals surface area (Å²) < 4.78 is 7.09. The number of anilines is 1. The first kappa shape index (κ1) is 19.3. The van der Waals surface area contributed by atoms with Crippen LogP contribution < -0.4 is 10.2 Å². The molecule has 1 fully saturated rings. The first-order chi connectivity index (χ1) is 14.0. The largest absolute Gasteiger partial charge is 0.447 e. The molecule has 1 unspecified atom stereocenters. The van der Waals surface area contributed by atoms with Crippen molar-refractivity contribution in [3.05, 3.63) is 52.1 Å². The first-order valence-electron chi connectivity index (χ1n) is 9.06. The average molecular weight is 430 g/mol. The van der Waals surface area contributed by atoms with Gasteiger partial charge in [-0.05, 0) is 48.3 Å². The maximum Gasteiger partial charge on any atom is 0.414 e. The Hall–Kier alpha value is -2.98. The van der Waals surface area contributed by atoms with E-state index in [1.165, 1.54) is 11.3 Å². The van der Waals surface area contributed by atoms with Crippen molar-refractivity contribution in [1.82, 2.24) is 20.1 Å². The standard InChI is InChI=1S/C19H19N5O3S2/c1-12(24-16(21-22-18(24)28)15-6-3-9-29-15)17(25)20-11-13-4-2-5-14(10-13)23-7-8-27-19(23)26/h2-6,9-10,12H,7-8,11H2,1H3,(H,20,25)(H,22,28). The van der Waals surface area contributed by atoms with E-state index in [4.69, 9.17) is 17.0 Å². The van der Waals surface area contributed by atoms with Gasteiger partial charge in [0, 0.05) is 12.2 Å². The number of cyclic esters (lactones) is 1. The molecule has 2 amide bonds. The van der Waals surface area contributed by atoms with Crippen LogP contribution in [0.25, 0.3) is 10.7 Å². The van der Waals surface area contributed by atoms with Crippen LogP contribution in [0.2, 0.25) is 0 Å². The fourth-order valence-corrected chi connectivity index (χ4v) is 4.16. The number of benzene rings is 1. The van der Waals surface area contributed by atoms with Gasteiger partial charge in [0.05, 0.1) is 11.4 Å². The number of H-pyrrole nitrogens is 1. The third-order valence-corrected chi connectivity index (χ3v) is 5.82. The molecule has 29 heavy (non-hydrogen) atoms. The molecule has 0 bridgehead atoms. The molecular weight excluding hydrogens is 410 g/mol. The zero-order chi connectivity index (χ0) is 20.4. The second-order valence-corrected chi connectivity index (χ2v) is 7.86. The third kappa shape index (κ3) is 3.94. The van der Waals surface area contributed by atoms with Gasteiger partial charge in [-0.1, -0.05) is 18.2 Å². The lowest BCUT2D eigenvalue weighted by atomic mass is 10.2. The lowest BCUT2D eigenvalue weighted by Gasteiger charge is -2.16. The fourth-order valence-electron chi connectivity index (χ4n) is 3.16. The number of nitrogens with zero attached hydrogens (tertiary/aromatic N) is 3. The number of hydrogen-bond donors (Lipinski definition) is 2. The Kier molecular flexibility index (Phi) is 5.45. The predicted molar refractivity (Wildman–Crippen MR) is 112 cm³/mol. The molecule has 4 rings (SSSR count). The van der Waals surface area contributed by atoms with Gasteiger partial charge in [-0.25, -0.2) is 4.79 Å². The van der Waals surface area contributed by atoms with Crippen molar-refractivity contribution in [2.45, 2.75) is 19.5 Å². The molecule has 3 aromatic rings. The third-order valence-electron chi connectivity index (χ3n) is 4.66. The lowest BCUT2D eigenvalue weighted by Crippen LogP contribution is -2.31. The fraction of sp³-hybridized carbons (Fsp3) is 0.263. The summed E-state index contributed by atoms with van der Waals surface area (Å²) in [7, 11) is 0. The molecule has 1 aliphatic rings. The monoisotopic (exact) mass is 429 g/mol. The van der Waals surface area contributed by atoms with Gasteiger partial charge in [-0.3, -0.25) is 19.4 Å². The van der Waals surface area contributed by atoms with Crippen molar-refractivity contribution in [3.8, 4) is 10.7 Å². The van der Waals surface area contributed by atoms with Crippen molar-refractivity contribution in [1.29, 1.82) is 0 Å². The summed E-state index contributed by atoms with van der Waals surface area (Å²) >= 11 is 6.86. The van der Waals surface area contributed by atoms with Gasteiger partial charge in [0.1, 0.15) is 12.6 Å². The maximum absolute atomic E-state index is 12.8. The molecule has 10 heteroatoms. The van der Waals surface area contributed by atoms with Crippen LogP contribution in [0.4, 0.5) is 10.5 Å². The Labute approximate surface area is 176 Å². The molecule has 0 spiro atoms. The Morgan fingerprint density at radius 3 is 3.00 bits per heavy atom. The minimum atomic E-state index is -0.532. The topological polar surface area (TPSA) is 92.2 Å². The van der Waals surface area contributed by atoms with Crippen LogP contribution in [-0.4, -0.2) is 39.9 Å². The Balaban J connectivity index is 1.46. The van der Waals surface area contributed by atoms with E-state index in [0.717, 1.165) is 16.1 Å². The van der Waals surface area contributed by atoms with Crippen molar-refractivity contribution in [2.24, 2.45) is 0 Å². The normalized spacial score (nSPS) is 14.7. The van der Waals surface area contributed by atoms with Gasteiger partial charge in [0.2, 0.25) is 5.91 Å². The molecule has 0 saturated carbocycles. The number of ether oxygens (including phenoxy) is 1. The maximum atomic E-state index is 12.8. The van der Waals surface area contributed by atoms with Crippen molar-refractivity contribution >= 4 is 41.2 Å². The van der Waals surface area contributed by atoms with Crippen LogP contribution >= 0.6 is 23.6 Å². The predicted octanol–water partition coefficient (Wildman–Crippen LogP) is 3.50. The van der Waals surface area contributed by atoms with Gasteiger partial charge in [0.15, 0.2) is 10.6 Å². The highest BCUT2D eigenvalue weighted by atomic mass is 32.1. The summed E-state index contributed by atoms with van der Waals surface area (Å²) in [5, 5.41) is 11.9. The van der Waals surface area contributed by atoms with Gasteiger partial charge in [-0.2, -0.15) is 5.10 Å². The molecule has 1 aliphatic heterocycles. The summed E-state index contributed by atoms with van der Waals surface area (Å²) in [4.78, 5) is 27.0. The number of aromatic amines is 1. The van der Waals surface area contributed by atoms with E-state index in [9.17, 15) is 9.59 Å². The lowest BCUT2D eigenvalue weighted by molar-refractivity contribution is -0.124. The molecule has 1 aromatic carbocycles. The van der Waals surface area contributed by atoms with E-state index in [2.05, 4.69) is 15.5 Å². The highest BCUT2D eigenvalue weighted by Gasteiger charge is 2.24. The van der Waals surface area contributed by atoms with Crippen LogP contribution in [0.5, 0.6) is 0 Å². The molecule has 1 saturated heterocycles. The van der Waals surface area contributed by atoms with E-state index < -0.39 is 6.04 Å². The van der Waals surface area contributed by atoms with Crippen molar-refractivity contribution in [3.63, 3.8) is 0 Å². The number of carbonyl (C=O) groups excluding carboxylic acids is 2. The summed E-state index contributed by atoms with van der Waals surface area (Å²) in [5.74, 6) is 0.466. The second kappa shape index (κ2) is 8.18. The summed E-state index contributed by atoms with van der Waals surface area (Å²) in [6.45, 7) is 3.03. The average Bonchev–Trinajstić information content (AvgIpc) is 3.46. The van der Waals surface area contributed by atoms with Gasteiger partial charge in [-0.15, -0.1) is 11.3 Å². The van der Waals surface area contributed by atoms with E-state index in [1.54, 1.807) is 16.4 Å². The van der Waals surface area contributed by atoms with Crippen LogP contribution in [0, 0.1) is 4.77 Å². The molecule has 8 nitrogen and oxygen atoms in total. The zero-order valence-electron chi connectivity index (χ0n) is 15.6. The zero-order valence-corrected chi connectivity index (χ0v) is 17.3. The molecule has 3 heterocycles. The minimum Gasteiger partial charge on any atom is -0.447 e. The quantitative estimate of drug-likeness (QED) is 0.585. The SMILES string of the molecule is CC(C(=O)NCc1cccc(N2CCOC2=O)c1)n1c(-c2cccs2)n[nH]c1=S. The van der Waals surface area contributed by atoms with Gasteiger partial charge in [0.25, 0.3) is 0 Å². The molecule has 1 atom stereocenters. The Morgan fingerprint density at radius 1 is 1.41 bits per heavy atom. The van der Waals surface area contributed by atoms with E-state index in [0.29, 0.717) is 30.3 Å². The molecule has 2 N–H and O–H groups in total. The van der Waals surface area contributed by atoms with Crippen LogP contribution in [0.15, 0.2) is 41.8 Å². The first-order valence-corrected chi connectivity index (χ1v) is 10.3. The molecule has 0 aliphatic carbocycles. The Bertz CT molecular complexity index is 1090. The summed E-state index contributed by atoms with van der Waals surface area (Å²) in [5.41, 5.74) is 1.64. The minimum absolute atomic E-state index is 0.175. The number of amides is 2. The van der Waals surface area contributed by atoms with E-state index in [1.807, 2.05) is 41.8 Å². The highest BCUT2D eigenvalue weighted by molar-refractivity contribution is 7.71. The number of aromatic nitrogens is 3.